The minimum atomic E-state index is -1.79. The fourth-order valence-electron chi connectivity index (χ4n) is 1.22. The van der Waals surface area contributed by atoms with E-state index in [0.717, 1.165) is 0 Å². The molecule has 7 atom stereocenters. The molecule has 0 spiro atoms. The maximum atomic E-state index is 9.90. The average Bonchev–Trinajstić information content (AvgIpc) is 2.58. The molecule has 0 fully saturated rings. The van der Waals surface area contributed by atoms with Crippen molar-refractivity contribution in [3.8, 4) is 0 Å². The highest BCUT2D eigenvalue weighted by molar-refractivity contribution is 5.56. The maximum absolute atomic E-state index is 9.90. The molecule has 0 amide bonds. The summed E-state index contributed by atoms with van der Waals surface area (Å²) < 4.78 is 0. The summed E-state index contributed by atoms with van der Waals surface area (Å²) in [5, 5.41) is 78.4. The van der Waals surface area contributed by atoms with Crippen LogP contribution in [0.5, 0.6) is 0 Å². The summed E-state index contributed by atoms with van der Waals surface area (Å²) in [6, 6.07) is 0. The van der Waals surface area contributed by atoms with Gasteiger partial charge in [0.15, 0.2) is 6.29 Å². The molecule has 0 heterocycles. The van der Waals surface area contributed by atoms with Gasteiger partial charge in [0.25, 0.3) is 0 Å². The molecule has 9 N–H and O–H groups in total. The smallest absolute Gasteiger partial charge is 0.151 e. The molecule has 0 bridgehead atoms. The molecule has 0 unspecified atom stereocenters. The number of carbonyl (C=O) groups is 2. The first kappa shape index (κ1) is 24.2. The van der Waals surface area contributed by atoms with E-state index in [1.165, 1.54) is 0 Å². The van der Waals surface area contributed by atoms with Gasteiger partial charge in [-0.15, -0.1) is 0 Å². The molecule has 0 saturated heterocycles. The molecule has 11 nitrogen and oxygen atoms in total. The monoisotopic (exact) mass is 344 g/mol. The van der Waals surface area contributed by atoms with Gasteiger partial charge in [0.1, 0.15) is 42.9 Å². The van der Waals surface area contributed by atoms with Crippen molar-refractivity contribution in [1.29, 1.82) is 0 Å². The van der Waals surface area contributed by atoms with E-state index >= 15 is 0 Å². The summed E-state index contributed by atoms with van der Waals surface area (Å²) in [6.45, 7) is -1.40. The number of aliphatic hydroxyl groups is 9. The van der Waals surface area contributed by atoms with Crippen LogP contribution in [-0.4, -0.2) is 114 Å². The van der Waals surface area contributed by atoms with E-state index in [-0.39, 0.29) is 12.7 Å². The second-order valence-electron chi connectivity index (χ2n) is 4.57. The van der Waals surface area contributed by atoms with Crippen LogP contribution in [0.25, 0.3) is 0 Å². The summed E-state index contributed by atoms with van der Waals surface area (Å²) in [6.07, 6.45) is -10.8. The SMILES string of the molecule is O=CC[C@H](O)[C@@H](O)[C@H](O)CO.O=C[C@H](O)[C@@H](O)[C@H](O)[C@H](O)CO. The maximum Gasteiger partial charge on any atom is 0.151 e. The van der Waals surface area contributed by atoms with Gasteiger partial charge in [-0.3, -0.25) is 0 Å². The molecule has 0 rings (SSSR count). The topological polar surface area (TPSA) is 216 Å². The second kappa shape index (κ2) is 13.4. The predicted molar refractivity (Wildman–Crippen MR) is 73.0 cm³/mol. The third kappa shape index (κ3) is 9.65. The van der Waals surface area contributed by atoms with Crippen molar-refractivity contribution in [2.24, 2.45) is 0 Å². The Morgan fingerprint density at radius 3 is 1.43 bits per heavy atom. The van der Waals surface area contributed by atoms with Crippen molar-refractivity contribution in [2.75, 3.05) is 13.2 Å². The Bertz CT molecular complexity index is 313. The third-order valence-corrected chi connectivity index (χ3v) is 2.73. The number of carbonyl (C=O) groups excluding carboxylic acids is 2. The summed E-state index contributed by atoms with van der Waals surface area (Å²) in [5.41, 5.74) is 0. The van der Waals surface area contributed by atoms with Gasteiger partial charge in [-0.1, -0.05) is 0 Å². The Balaban J connectivity index is 0. The Hall–Kier alpha value is -1.02. The van der Waals surface area contributed by atoms with Crippen molar-refractivity contribution in [3.63, 3.8) is 0 Å². The van der Waals surface area contributed by atoms with Crippen LogP contribution in [0.15, 0.2) is 0 Å². The zero-order valence-electron chi connectivity index (χ0n) is 12.2. The standard InChI is InChI=1S/C6H12O6.C6H12O5/c7-1-3(9)5(11)6(12)4(10)2-8;7-2-1-4(9)6(11)5(10)3-8/h1,3-6,8-12H,2H2;2,4-6,8-11H,1,3H2/t3-,4+,5+,6+;4-,5+,6+/m00/s1. The van der Waals surface area contributed by atoms with E-state index in [1.807, 2.05) is 0 Å². The second-order valence-corrected chi connectivity index (χ2v) is 4.57. The first-order valence-electron chi connectivity index (χ1n) is 6.54. The van der Waals surface area contributed by atoms with E-state index in [4.69, 9.17) is 46.0 Å². The first-order chi connectivity index (χ1) is 10.7. The lowest BCUT2D eigenvalue weighted by Gasteiger charge is -2.22. The van der Waals surface area contributed by atoms with Crippen molar-refractivity contribution in [1.82, 2.24) is 0 Å². The quantitative estimate of drug-likeness (QED) is 0.170. The van der Waals surface area contributed by atoms with E-state index in [0.29, 0.717) is 6.29 Å². The van der Waals surface area contributed by atoms with Crippen LogP contribution in [0.4, 0.5) is 0 Å². The molecule has 11 heteroatoms. The molecule has 0 aromatic carbocycles. The Morgan fingerprint density at radius 2 is 1.09 bits per heavy atom. The van der Waals surface area contributed by atoms with Crippen molar-refractivity contribution in [3.05, 3.63) is 0 Å². The van der Waals surface area contributed by atoms with Crippen LogP contribution in [0, 0.1) is 0 Å². The van der Waals surface area contributed by atoms with Crippen LogP contribution in [0.3, 0.4) is 0 Å². The number of aliphatic hydroxyl groups excluding tert-OH is 9. The molecule has 0 aromatic rings. The van der Waals surface area contributed by atoms with Gasteiger partial charge >= 0.3 is 0 Å². The summed E-state index contributed by atoms with van der Waals surface area (Å²) in [4.78, 5) is 19.7. The first-order valence-corrected chi connectivity index (χ1v) is 6.54. The highest BCUT2D eigenvalue weighted by Crippen LogP contribution is 2.03. The van der Waals surface area contributed by atoms with Gasteiger partial charge in [0.05, 0.1) is 19.3 Å². The van der Waals surface area contributed by atoms with E-state index < -0.39 is 55.9 Å². The van der Waals surface area contributed by atoms with Crippen LogP contribution in [0.2, 0.25) is 0 Å². The van der Waals surface area contributed by atoms with Gasteiger partial charge < -0.3 is 55.5 Å². The minimum Gasteiger partial charge on any atom is -0.394 e. The third-order valence-electron chi connectivity index (χ3n) is 2.73. The number of rotatable bonds is 10. The molecule has 0 aromatic heterocycles. The lowest BCUT2D eigenvalue weighted by atomic mass is 10.0. The Morgan fingerprint density at radius 1 is 0.652 bits per heavy atom. The number of hydrogen-bond acceptors (Lipinski definition) is 11. The normalized spacial score (nSPS) is 20.0. The fraction of sp³-hybridized carbons (Fsp3) is 0.833. The molecule has 0 aliphatic heterocycles. The van der Waals surface area contributed by atoms with E-state index in [9.17, 15) is 9.59 Å². The predicted octanol–water partition coefficient (Wildman–Crippen LogP) is -5.73. The Labute approximate surface area is 131 Å². The zero-order valence-corrected chi connectivity index (χ0v) is 12.2. The van der Waals surface area contributed by atoms with Crippen molar-refractivity contribution < 1.29 is 55.5 Å². The summed E-state index contributed by atoms with van der Waals surface area (Å²) >= 11 is 0. The molecular weight excluding hydrogens is 320 g/mol. The Kier molecular flexibility index (Phi) is 14.1. The van der Waals surface area contributed by atoms with Gasteiger partial charge in [-0.05, 0) is 0 Å². The minimum absolute atomic E-state index is 0.0258. The number of hydrogen-bond donors (Lipinski definition) is 9. The molecule has 0 saturated carbocycles. The molecule has 0 radical (unpaired) electrons. The highest BCUT2D eigenvalue weighted by Gasteiger charge is 2.29. The van der Waals surface area contributed by atoms with Crippen LogP contribution in [-0.2, 0) is 9.59 Å². The average molecular weight is 344 g/mol. The fourth-order valence-corrected chi connectivity index (χ4v) is 1.22. The molecule has 0 aliphatic carbocycles. The van der Waals surface area contributed by atoms with Crippen LogP contribution < -0.4 is 0 Å². The molecular formula is C12H24O11. The van der Waals surface area contributed by atoms with Gasteiger partial charge in [-0.2, -0.15) is 0 Å². The van der Waals surface area contributed by atoms with E-state index in [1.54, 1.807) is 0 Å². The largest absolute Gasteiger partial charge is 0.394 e. The zero-order chi connectivity index (χ0) is 18.6. The molecule has 23 heavy (non-hydrogen) atoms. The lowest BCUT2D eigenvalue weighted by Crippen LogP contribution is -2.46. The van der Waals surface area contributed by atoms with E-state index in [2.05, 4.69) is 0 Å². The van der Waals surface area contributed by atoms with Gasteiger partial charge in [-0.25, -0.2) is 0 Å². The number of aldehydes is 2. The van der Waals surface area contributed by atoms with Gasteiger partial charge in [0.2, 0.25) is 0 Å². The summed E-state index contributed by atoms with van der Waals surface area (Å²) in [5.74, 6) is 0. The van der Waals surface area contributed by atoms with Crippen LogP contribution in [0.1, 0.15) is 6.42 Å². The summed E-state index contributed by atoms with van der Waals surface area (Å²) in [7, 11) is 0. The van der Waals surface area contributed by atoms with Crippen molar-refractivity contribution in [2.45, 2.75) is 49.1 Å². The van der Waals surface area contributed by atoms with Crippen molar-refractivity contribution >= 4 is 12.6 Å². The molecule has 138 valence electrons. The molecule has 0 aliphatic rings. The lowest BCUT2D eigenvalue weighted by molar-refractivity contribution is -0.136. The van der Waals surface area contributed by atoms with Crippen LogP contribution >= 0.6 is 0 Å². The van der Waals surface area contributed by atoms with Gasteiger partial charge in [0, 0.05) is 6.42 Å². The highest BCUT2D eigenvalue weighted by atomic mass is 16.4.